The third-order valence-corrected chi connectivity index (χ3v) is 4.31. The summed E-state index contributed by atoms with van der Waals surface area (Å²) in [5, 5.41) is 7.41. The van der Waals surface area contributed by atoms with Gasteiger partial charge in [0, 0.05) is 40.7 Å². The minimum absolute atomic E-state index is 0.0776. The van der Waals surface area contributed by atoms with Crippen LogP contribution in [0.3, 0.4) is 0 Å². The molecule has 0 radical (unpaired) electrons. The Morgan fingerprint density at radius 1 is 0.923 bits per heavy atom. The number of benzene rings is 1. The zero-order chi connectivity index (χ0) is 18.3. The molecule has 3 heterocycles. The Morgan fingerprint density at radius 2 is 1.73 bits per heavy atom. The van der Waals surface area contributed by atoms with E-state index in [-0.39, 0.29) is 5.56 Å². The van der Waals surface area contributed by atoms with Gasteiger partial charge in [-0.15, -0.1) is 0 Å². The SMILES string of the molecule is Cc1ccncc1-c1c(-c2ccccc2C(F)(F)F)cnc2[nH]ncc12. The van der Waals surface area contributed by atoms with Gasteiger partial charge in [0.2, 0.25) is 0 Å². The summed E-state index contributed by atoms with van der Waals surface area (Å²) < 4.78 is 40.7. The summed E-state index contributed by atoms with van der Waals surface area (Å²) >= 11 is 0. The average Bonchev–Trinajstić information content (AvgIpc) is 3.09. The monoisotopic (exact) mass is 354 g/mol. The smallest absolute Gasteiger partial charge is 0.264 e. The van der Waals surface area contributed by atoms with Crippen LogP contribution in [-0.4, -0.2) is 20.2 Å². The first-order valence-electron chi connectivity index (χ1n) is 7.86. The van der Waals surface area contributed by atoms with Crippen molar-refractivity contribution >= 4 is 11.0 Å². The number of H-pyrrole nitrogens is 1. The summed E-state index contributed by atoms with van der Waals surface area (Å²) in [5.41, 5.74) is 2.56. The van der Waals surface area contributed by atoms with Crippen molar-refractivity contribution in [1.82, 2.24) is 20.2 Å². The molecule has 26 heavy (non-hydrogen) atoms. The maximum absolute atomic E-state index is 13.6. The quantitative estimate of drug-likeness (QED) is 0.550. The first-order valence-corrected chi connectivity index (χ1v) is 7.86. The molecule has 0 atom stereocenters. The van der Waals surface area contributed by atoms with Crippen molar-refractivity contribution in [1.29, 1.82) is 0 Å². The number of pyridine rings is 2. The van der Waals surface area contributed by atoms with E-state index in [1.807, 2.05) is 13.0 Å². The number of halogens is 3. The molecule has 1 aromatic carbocycles. The number of rotatable bonds is 2. The van der Waals surface area contributed by atoms with Gasteiger partial charge < -0.3 is 0 Å². The minimum Gasteiger partial charge on any atom is -0.264 e. The third-order valence-electron chi connectivity index (χ3n) is 4.31. The molecule has 0 amide bonds. The van der Waals surface area contributed by atoms with Crippen LogP contribution in [0.25, 0.3) is 33.3 Å². The maximum atomic E-state index is 13.6. The van der Waals surface area contributed by atoms with E-state index in [0.29, 0.717) is 22.2 Å². The largest absolute Gasteiger partial charge is 0.417 e. The lowest BCUT2D eigenvalue weighted by atomic mass is 9.90. The Bertz CT molecular complexity index is 1100. The molecule has 7 heteroatoms. The fourth-order valence-electron chi connectivity index (χ4n) is 3.08. The summed E-state index contributed by atoms with van der Waals surface area (Å²) in [6.45, 7) is 1.89. The average molecular weight is 354 g/mol. The standard InChI is InChI=1S/C19H13F3N4/c1-11-6-7-23-8-13(11)17-14(9-24-18-15(17)10-25-26-18)12-4-2-3-5-16(12)19(20,21)22/h2-10H,1H3,(H,24,25,26). The van der Waals surface area contributed by atoms with Crippen LogP contribution in [0.4, 0.5) is 13.2 Å². The van der Waals surface area contributed by atoms with E-state index in [0.717, 1.165) is 17.2 Å². The van der Waals surface area contributed by atoms with Crippen molar-refractivity contribution in [3.05, 3.63) is 66.2 Å². The Labute approximate surface area is 146 Å². The van der Waals surface area contributed by atoms with Crippen LogP contribution in [0.15, 0.2) is 55.1 Å². The number of aromatic nitrogens is 4. The summed E-state index contributed by atoms with van der Waals surface area (Å²) in [5.74, 6) is 0. The molecule has 3 aromatic heterocycles. The third kappa shape index (κ3) is 2.61. The van der Waals surface area contributed by atoms with Crippen LogP contribution < -0.4 is 0 Å². The first-order chi connectivity index (χ1) is 12.5. The molecule has 0 unspecified atom stereocenters. The van der Waals surface area contributed by atoms with Crippen molar-refractivity contribution in [3.63, 3.8) is 0 Å². The zero-order valence-electron chi connectivity index (χ0n) is 13.7. The Morgan fingerprint density at radius 3 is 2.50 bits per heavy atom. The predicted octanol–water partition coefficient (Wildman–Crippen LogP) is 5.01. The second kappa shape index (κ2) is 5.94. The molecule has 0 saturated carbocycles. The summed E-state index contributed by atoms with van der Waals surface area (Å²) in [7, 11) is 0. The topological polar surface area (TPSA) is 54.5 Å². The van der Waals surface area contributed by atoms with E-state index in [9.17, 15) is 13.2 Å². The van der Waals surface area contributed by atoms with Crippen LogP contribution in [0.1, 0.15) is 11.1 Å². The molecular weight excluding hydrogens is 341 g/mol. The Hall–Kier alpha value is -3.22. The Kier molecular flexibility index (Phi) is 3.72. The first kappa shape index (κ1) is 16.3. The van der Waals surface area contributed by atoms with Crippen molar-refractivity contribution in [2.45, 2.75) is 13.1 Å². The number of nitrogens with zero attached hydrogens (tertiary/aromatic N) is 3. The number of nitrogens with one attached hydrogen (secondary N) is 1. The highest BCUT2D eigenvalue weighted by molar-refractivity contribution is 6.01. The molecule has 0 fully saturated rings. The van der Waals surface area contributed by atoms with Gasteiger partial charge in [-0.1, -0.05) is 18.2 Å². The summed E-state index contributed by atoms with van der Waals surface area (Å²) in [4.78, 5) is 8.40. The molecular formula is C19H13F3N4. The maximum Gasteiger partial charge on any atom is 0.417 e. The number of alkyl halides is 3. The van der Waals surface area contributed by atoms with E-state index < -0.39 is 11.7 Å². The second-order valence-electron chi connectivity index (χ2n) is 5.91. The lowest BCUT2D eigenvalue weighted by Crippen LogP contribution is -2.07. The molecule has 4 nitrogen and oxygen atoms in total. The van der Waals surface area contributed by atoms with Crippen LogP contribution in [-0.2, 0) is 6.18 Å². The van der Waals surface area contributed by atoms with E-state index in [2.05, 4.69) is 20.2 Å². The van der Waals surface area contributed by atoms with Gasteiger partial charge in [-0.05, 0) is 30.2 Å². The number of aromatic amines is 1. The second-order valence-corrected chi connectivity index (χ2v) is 5.91. The van der Waals surface area contributed by atoms with Crippen molar-refractivity contribution in [2.24, 2.45) is 0 Å². The summed E-state index contributed by atoms with van der Waals surface area (Å²) in [6.07, 6.45) is 1.85. The number of aryl methyl sites for hydroxylation is 1. The van der Waals surface area contributed by atoms with Crippen LogP contribution in [0.5, 0.6) is 0 Å². The van der Waals surface area contributed by atoms with Crippen LogP contribution in [0.2, 0.25) is 0 Å². The van der Waals surface area contributed by atoms with Crippen molar-refractivity contribution < 1.29 is 13.2 Å². The molecule has 0 aliphatic rings. The molecule has 4 aromatic rings. The predicted molar refractivity (Wildman–Crippen MR) is 92.3 cm³/mol. The van der Waals surface area contributed by atoms with Crippen LogP contribution >= 0.6 is 0 Å². The number of fused-ring (bicyclic) bond motifs is 1. The molecule has 1 N–H and O–H groups in total. The molecule has 0 saturated heterocycles. The van der Waals surface area contributed by atoms with E-state index in [4.69, 9.17) is 0 Å². The Balaban J connectivity index is 2.11. The number of hydrogen-bond donors (Lipinski definition) is 1. The van der Waals surface area contributed by atoms with Gasteiger partial charge in [0.05, 0.1) is 11.8 Å². The van der Waals surface area contributed by atoms with E-state index in [1.54, 1.807) is 24.7 Å². The molecule has 0 aliphatic carbocycles. The van der Waals surface area contributed by atoms with Gasteiger partial charge in [-0.25, -0.2) is 4.98 Å². The van der Waals surface area contributed by atoms with Crippen LogP contribution in [0, 0.1) is 6.92 Å². The van der Waals surface area contributed by atoms with Gasteiger partial charge >= 0.3 is 6.18 Å². The molecule has 0 bridgehead atoms. The zero-order valence-corrected chi connectivity index (χ0v) is 13.7. The lowest BCUT2D eigenvalue weighted by molar-refractivity contribution is -0.137. The highest BCUT2D eigenvalue weighted by Gasteiger charge is 2.34. The van der Waals surface area contributed by atoms with E-state index >= 15 is 0 Å². The van der Waals surface area contributed by atoms with Gasteiger partial charge in [0.15, 0.2) is 5.65 Å². The van der Waals surface area contributed by atoms with Gasteiger partial charge in [0.1, 0.15) is 0 Å². The van der Waals surface area contributed by atoms with Crippen molar-refractivity contribution in [2.75, 3.05) is 0 Å². The highest BCUT2D eigenvalue weighted by atomic mass is 19.4. The van der Waals surface area contributed by atoms with Crippen molar-refractivity contribution in [3.8, 4) is 22.3 Å². The summed E-state index contributed by atoms with van der Waals surface area (Å²) in [6, 6.07) is 7.33. The van der Waals surface area contributed by atoms with E-state index in [1.165, 1.54) is 18.3 Å². The van der Waals surface area contributed by atoms with Gasteiger partial charge in [-0.3, -0.25) is 10.1 Å². The lowest BCUT2D eigenvalue weighted by Gasteiger charge is -2.17. The molecule has 0 aliphatic heterocycles. The minimum atomic E-state index is -4.47. The van der Waals surface area contributed by atoms with Gasteiger partial charge in [-0.2, -0.15) is 18.3 Å². The molecule has 130 valence electrons. The highest BCUT2D eigenvalue weighted by Crippen LogP contribution is 2.42. The fraction of sp³-hybridized carbons (Fsp3) is 0.105. The van der Waals surface area contributed by atoms with Gasteiger partial charge in [0.25, 0.3) is 0 Å². The molecule has 0 spiro atoms. The fourth-order valence-corrected chi connectivity index (χ4v) is 3.08. The normalized spacial score (nSPS) is 11.8. The number of hydrogen-bond acceptors (Lipinski definition) is 3. The molecule has 4 rings (SSSR count).